The second kappa shape index (κ2) is 7.92. The minimum atomic E-state index is -0.843. The third kappa shape index (κ3) is 3.91. The predicted molar refractivity (Wildman–Crippen MR) is 78.7 cm³/mol. The summed E-state index contributed by atoms with van der Waals surface area (Å²) in [7, 11) is 2.84. The summed E-state index contributed by atoms with van der Waals surface area (Å²) in [5.74, 6) is -1.16. The lowest BCUT2D eigenvalue weighted by atomic mass is 10.0. The van der Waals surface area contributed by atoms with Gasteiger partial charge in [-0.1, -0.05) is 0 Å². The van der Waals surface area contributed by atoms with E-state index in [1.54, 1.807) is 0 Å². The van der Waals surface area contributed by atoms with Crippen molar-refractivity contribution in [2.24, 2.45) is 0 Å². The molecule has 0 aliphatic rings. The molecule has 0 fully saturated rings. The minimum Gasteiger partial charge on any atom is -0.508 e. The highest BCUT2D eigenvalue weighted by Gasteiger charge is 2.27. The van der Waals surface area contributed by atoms with Crippen molar-refractivity contribution in [2.75, 3.05) is 14.1 Å². The topological polar surface area (TPSA) is 104 Å². The Hall–Kier alpha value is -2.70. The van der Waals surface area contributed by atoms with Crippen LogP contribution in [0, 0.1) is 0 Å². The van der Waals surface area contributed by atoms with E-state index in [1.807, 2.05) is 0 Å². The highest BCUT2D eigenvalue weighted by Crippen LogP contribution is 2.19. The van der Waals surface area contributed by atoms with Crippen LogP contribution in [0.15, 0.2) is 18.2 Å². The number of phenolic OH excluding ortho intramolecular Hbond substituents is 1. The molecule has 0 aliphatic carbocycles. The Morgan fingerprint density at radius 3 is 2.59 bits per heavy atom. The highest BCUT2D eigenvalue weighted by atomic mass is 16.3. The normalized spacial score (nSPS) is 11.4. The summed E-state index contributed by atoms with van der Waals surface area (Å²) in [5, 5.41) is 11.9. The van der Waals surface area contributed by atoms with Crippen molar-refractivity contribution in [2.45, 2.75) is 18.9 Å². The van der Waals surface area contributed by atoms with Crippen molar-refractivity contribution in [1.29, 1.82) is 0 Å². The quantitative estimate of drug-likeness (QED) is 0.708. The molecule has 1 aromatic carbocycles. The fourth-order valence-corrected chi connectivity index (χ4v) is 2.06. The van der Waals surface area contributed by atoms with Crippen molar-refractivity contribution in [3.8, 4) is 5.75 Å². The Labute approximate surface area is 127 Å². The summed E-state index contributed by atoms with van der Waals surface area (Å²) in [4.78, 5) is 47.1. The number of hydrogen-bond acceptors (Lipinski definition) is 5. The summed E-state index contributed by atoms with van der Waals surface area (Å²) in [6.07, 6.45) is 1.46. The van der Waals surface area contributed by atoms with Gasteiger partial charge in [-0.2, -0.15) is 0 Å². The summed E-state index contributed by atoms with van der Waals surface area (Å²) in [6.45, 7) is 0. The molecule has 1 atom stereocenters. The number of carbonyl (C=O) groups is 4. The van der Waals surface area contributed by atoms with Crippen LogP contribution in [0.2, 0.25) is 0 Å². The van der Waals surface area contributed by atoms with E-state index >= 15 is 0 Å². The van der Waals surface area contributed by atoms with Crippen LogP contribution in [-0.4, -0.2) is 54.5 Å². The number of aromatic hydroxyl groups is 1. The number of phenols is 1. The molecule has 7 nitrogen and oxygen atoms in total. The maximum atomic E-state index is 12.5. The van der Waals surface area contributed by atoms with Crippen molar-refractivity contribution in [1.82, 2.24) is 10.2 Å². The van der Waals surface area contributed by atoms with E-state index in [9.17, 15) is 24.3 Å². The van der Waals surface area contributed by atoms with E-state index in [0.29, 0.717) is 12.6 Å². The fraction of sp³-hybridized carbons (Fsp3) is 0.333. The average Bonchev–Trinajstić information content (AvgIpc) is 2.53. The Balaban J connectivity index is 3.12. The summed E-state index contributed by atoms with van der Waals surface area (Å²) in [6, 6.07) is 2.94. The van der Waals surface area contributed by atoms with Gasteiger partial charge in [0.25, 0.3) is 5.91 Å². The molecule has 1 unspecified atom stereocenters. The number of carbonyl (C=O) groups excluding carboxylic acids is 4. The average molecular weight is 306 g/mol. The van der Waals surface area contributed by atoms with Gasteiger partial charge in [0, 0.05) is 26.1 Å². The number of aldehydes is 2. The molecule has 7 heteroatoms. The Morgan fingerprint density at radius 1 is 1.36 bits per heavy atom. The molecule has 2 N–H and O–H groups in total. The van der Waals surface area contributed by atoms with Crippen molar-refractivity contribution in [3.63, 3.8) is 0 Å². The maximum Gasteiger partial charge on any atom is 0.255 e. The second-order valence-electron chi connectivity index (χ2n) is 4.68. The number of hydrogen-bond donors (Lipinski definition) is 2. The van der Waals surface area contributed by atoms with Gasteiger partial charge < -0.3 is 20.1 Å². The molecule has 22 heavy (non-hydrogen) atoms. The smallest absolute Gasteiger partial charge is 0.255 e. The van der Waals surface area contributed by atoms with E-state index in [4.69, 9.17) is 0 Å². The number of rotatable bonds is 7. The van der Waals surface area contributed by atoms with Gasteiger partial charge in [-0.15, -0.1) is 0 Å². The number of nitrogens with one attached hydrogen (secondary N) is 1. The number of nitrogens with zero attached hydrogens (tertiary/aromatic N) is 1. The largest absolute Gasteiger partial charge is 0.508 e. The van der Waals surface area contributed by atoms with E-state index in [0.717, 1.165) is 4.90 Å². The number of likely N-dealkylation sites (N-methyl/N-ethyl adjacent to an activating group) is 2. The van der Waals surface area contributed by atoms with Crippen LogP contribution in [0.1, 0.15) is 33.6 Å². The summed E-state index contributed by atoms with van der Waals surface area (Å²) < 4.78 is 0. The van der Waals surface area contributed by atoms with Gasteiger partial charge in [-0.3, -0.25) is 14.4 Å². The first-order valence-electron chi connectivity index (χ1n) is 6.66. The van der Waals surface area contributed by atoms with Gasteiger partial charge in [0.1, 0.15) is 18.1 Å². The van der Waals surface area contributed by atoms with Crippen molar-refractivity contribution < 1.29 is 24.3 Å². The number of amides is 2. The molecule has 0 bridgehead atoms. The van der Waals surface area contributed by atoms with Crippen LogP contribution in [-0.2, 0) is 9.59 Å². The van der Waals surface area contributed by atoms with Crippen molar-refractivity contribution in [3.05, 3.63) is 29.3 Å². The lowest BCUT2D eigenvalue weighted by Gasteiger charge is -2.27. The minimum absolute atomic E-state index is 0.00231. The third-order valence-corrected chi connectivity index (χ3v) is 3.29. The lowest BCUT2D eigenvalue weighted by molar-refractivity contribution is -0.125. The van der Waals surface area contributed by atoms with Crippen LogP contribution < -0.4 is 5.32 Å². The van der Waals surface area contributed by atoms with E-state index in [1.165, 1.54) is 32.3 Å². The van der Waals surface area contributed by atoms with Crippen LogP contribution in [0.25, 0.3) is 0 Å². The van der Waals surface area contributed by atoms with Crippen LogP contribution in [0.5, 0.6) is 5.75 Å². The van der Waals surface area contributed by atoms with Gasteiger partial charge in [0.05, 0.1) is 5.56 Å². The maximum absolute atomic E-state index is 12.5. The molecule has 0 saturated carbocycles. The van der Waals surface area contributed by atoms with E-state index in [-0.39, 0.29) is 29.7 Å². The fourth-order valence-electron chi connectivity index (χ4n) is 2.06. The predicted octanol–water partition coefficient (Wildman–Crippen LogP) is 0.370. The molecule has 2 amide bonds. The first kappa shape index (κ1) is 17.4. The zero-order valence-electron chi connectivity index (χ0n) is 12.4. The van der Waals surface area contributed by atoms with Gasteiger partial charge in [-0.05, 0) is 24.6 Å². The van der Waals surface area contributed by atoms with Gasteiger partial charge in [0.15, 0.2) is 6.29 Å². The lowest BCUT2D eigenvalue weighted by Crippen LogP contribution is -2.47. The summed E-state index contributed by atoms with van der Waals surface area (Å²) >= 11 is 0. The van der Waals surface area contributed by atoms with Crippen LogP contribution >= 0.6 is 0 Å². The standard InChI is InChI=1S/C15H18N2O5/c1-16-14(21)13(4-3-7-18)17(2)15(22)12-8-11(20)6-5-10(12)9-19/h5-9,13,20H,3-4H2,1-2H3,(H,16,21). The zero-order chi connectivity index (χ0) is 16.7. The number of benzene rings is 1. The zero-order valence-corrected chi connectivity index (χ0v) is 12.4. The molecule has 1 rings (SSSR count). The molecule has 0 radical (unpaired) electrons. The second-order valence-corrected chi connectivity index (χ2v) is 4.68. The Morgan fingerprint density at radius 2 is 2.05 bits per heavy atom. The Kier molecular flexibility index (Phi) is 6.25. The van der Waals surface area contributed by atoms with Crippen molar-refractivity contribution >= 4 is 24.4 Å². The monoisotopic (exact) mass is 306 g/mol. The first-order chi connectivity index (χ1) is 10.5. The molecule has 0 saturated heterocycles. The molecule has 0 aromatic heterocycles. The van der Waals surface area contributed by atoms with E-state index < -0.39 is 17.9 Å². The first-order valence-corrected chi connectivity index (χ1v) is 6.66. The molecular weight excluding hydrogens is 288 g/mol. The molecule has 0 heterocycles. The highest BCUT2D eigenvalue weighted by molar-refractivity contribution is 6.03. The Bertz CT molecular complexity index is 585. The SMILES string of the molecule is CNC(=O)C(CCC=O)N(C)C(=O)c1cc(O)ccc1C=O. The van der Waals surface area contributed by atoms with Crippen LogP contribution in [0.4, 0.5) is 0 Å². The van der Waals surface area contributed by atoms with Crippen LogP contribution in [0.3, 0.4) is 0 Å². The molecule has 1 aromatic rings. The molecular formula is C15H18N2O5. The van der Waals surface area contributed by atoms with Gasteiger partial charge in [-0.25, -0.2) is 0 Å². The molecule has 118 valence electrons. The van der Waals surface area contributed by atoms with E-state index in [2.05, 4.69) is 5.32 Å². The third-order valence-electron chi connectivity index (χ3n) is 3.29. The summed E-state index contributed by atoms with van der Waals surface area (Å²) in [5.41, 5.74) is 0.109. The molecule has 0 spiro atoms. The van der Waals surface area contributed by atoms with Gasteiger partial charge >= 0.3 is 0 Å². The van der Waals surface area contributed by atoms with Gasteiger partial charge in [0.2, 0.25) is 5.91 Å². The molecule has 0 aliphatic heterocycles.